The molecule has 1 heterocycles. The summed E-state index contributed by atoms with van der Waals surface area (Å²) in [7, 11) is 0. The number of fused-ring (bicyclic) bond motifs is 1. The van der Waals surface area contributed by atoms with Crippen molar-refractivity contribution in [1.29, 1.82) is 0 Å². The number of amides is 1. The van der Waals surface area contributed by atoms with Crippen molar-refractivity contribution in [2.75, 3.05) is 13.1 Å². The number of phenolic OH excluding ortho intramolecular Hbond substituents is 1. The number of benzene rings is 1. The number of hydrogen-bond donors (Lipinski definition) is 2. The Hall–Kier alpha value is -1.71. The maximum Gasteiger partial charge on any atom is 0.407 e. The van der Waals surface area contributed by atoms with Crippen LogP contribution in [0, 0.1) is 5.92 Å². The molecule has 0 radical (unpaired) electrons. The summed E-state index contributed by atoms with van der Waals surface area (Å²) in [5, 5.41) is 18.8. The van der Waals surface area contributed by atoms with E-state index in [-0.39, 0.29) is 11.7 Å². The van der Waals surface area contributed by atoms with Crippen LogP contribution in [0.15, 0.2) is 18.2 Å². The average Bonchev–Trinajstić information content (AvgIpc) is 2.48. The summed E-state index contributed by atoms with van der Waals surface area (Å²) in [6.07, 6.45) is 0.775. The Morgan fingerprint density at radius 3 is 2.84 bits per heavy atom. The van der Waals surface area contributed by atoms with Crippen molar-refractivity contribution in [1.82, 2.24) is 4.90 Å². The quantitative estimate of drug-likeness (QED) is 0.862. The molecule has 1 aliphatic heterocycles. The molecule has 0 spiro atoms. The number of nitrogens with zero attached hydrogens (tertiary/aromatic N) is 1. The van der Waals surface area contributed by atoms with Crippen LogP contribution in [-0.4, -0.2) is 34.3 Å². The molecule has 1 aromatic rings. The predicted molar refractivity (Wildman–Crippen MR) is 73.6 cm³/mol. The highest BCUT2D eigenvalue weighted by atomic mass is 16.4. The largest absolute Gasteiger partial charge is 0.508 e. The van der Waals surface area contributed by atoms with Crippen LogP contribution in [0.4, 0.5) is 4.79 Å². The van der Waals surface area contributed by atoms with Gasteiger partial charge in [-0.1, -0.05) is 19.9 Å². The number of carboxylic acid groups (broad SMARTS) is 1. The van der Waals surface area contributed by atoms with Crippen LogP contribution >= 0.6 is 0 Å². The van der Waals surface area contributed by atoms with E-state index in [0.29, 0.717) is 25.4 Å². The Morgan fingerprint density at radius 1 is 1.47 bits per heavy atom. The molecule has 0 fully saturated rings. The number of phenols is 1. The van der Waals surface area contributed by atoms with E-state index >= 15 is 0 Å². The highest BCUT2D eigenvalue weighted by molar-refractivity contribution is 5.65. The first-order valence-electron chi connectivity index (χ1n) is 6.77. The maximum absolute atomic E-state index is 11.2. The van der Waals surface area contributed by atoms with Crippen molar-refractivity contribution < 1.29 is 15.0 Å². The van der Waals surface area contributed by atoms with Gasteiger partial charge in [-0.25, -0.2) is 4.79 Å². The molecule has 0 bridgehead atoms. The molecule has 2 rings (SSSR count). The lowest BCUT2D eigenvalue weighted by Gasteiger charge is -2.24. The van der Waals surface area contributed by atoms with Gasteiger partial charge >= 0.3 is 6.09 Å². The highest BCUT2D eigenvalue weighted by Crippen LogP contribution is 2.32. The van der Waals surface area contributed by atoms with Crippen LogP contribution in [0.25, 0.3) is 0 Å². The zero-order valence-electron chi connectivity index (χ0n) is 11.5. The van der Waals surface area contributed by atoms with Gasteiger partial charge in [0, 0.05) is 19.0 Å². The van der Waals surface area contributed by atoms with Crippen LogP contribution in [0.1, 0.15) is 37.3 Å². The monoisotopic (exact) mass is 263 g/mol. The van der Waals surface area contributed by atoms with Gasteiger partial charge in [0.25, 0.3) is 0 Å². The lowest BCUT2D eigenvalue weighted by molar-refractivity contribution is 0.142. The molecule has 4 heteroatoms. The fourth-order valence-electron chi connectivity index (χ4n) is 2.86. The maximum atomic E-state index is 11.2. The zero-order chi connectivity index (χ0) is 14.0. The molecule has 1 aromatic carbocycles. The third kappa shape index (κ3) is 3.19. The van der Waals surface area contributed by atoms with Gasteiger partial charge in [-0.2, -0.15) is 0 Å². The van der Waals surface area contributed by atoms with E-state index in [2.05, 4.69) is 13.8 Å². The van der Waals surface area contributed by atoms with Gasteiger partial charge in [0.15, 0.2) is 0 Å². The van der Waals surface area contributed by atoms with Crippen LogP contribution in [-0.2, 0) is 6.42 Å². The SMILES string of the molecule is CC(C)CC1CN(C(=O)O)CCc2cc(O)ccc21. The normalized spacial score (nSPS) is 19.1. The molecule has 0 aliphatic carbocycles. The topological polar surface area (TPSA) is 60.8 Å². The first-order chi connectivity index (χ1) is 8.97. The first kappa shape index (κ1) is 13.7. The molecule has 1 aliphatic rings. The number of hydrogen-bond acceptors (Lipinski definition) is 2. The molecular formula is C15H21NO3. The zero-order valence-corrected chi connectivity index (χ0v) is 11.5. The average molecular weight is 263 g/mol. The summed E-state index contributed by atoms with van der Waals surface area (Å²) < 4.78 is 0. The second-order valence-electron chi connectivity index (χ2n) is 5.69. The van der Waals surface area contributed by atoms with Gasteiger partial charge in [-0.05, 0) is 42.0 Å². The standard InChI is InChI=1S/C15H21NO3/c1-10(2)7-12-9-16(15(18)19)6-5-11-8-13(17)3-4-14(11)12/h3-4,8,10,12,17H,5-7,9H2,1-2H3,(H,18,19). The molecular weight excluding hydrogens is 242 g/mol. The lowest BCUT2D eigenvalue weighted by atomic mass is 9.87. The molecule has 19 heavy (non-hydrogen) atoms. The summed E-state index contributed by atoms with van der Waals surface area (Å²) in [6, 6.07) is 5.42. The third-order valence-electron chi connectivity index (χ3n) is 3.68. The van der Waals surface area contributed by atoms with Crippen LogP contribution in [0.5, 0.6) is 5.75 Å². The summed E-state index contributed by atoms with van der Waals surface area (Å²) >= 11 is 0. The van der Waals surface area contributed by atoms with E-state index in [1.165, 1.54) is 10.5 Å². The molecule has 1 amide bonds. The van der Waals surface area contributed by atoms with E-state index in [9.17, 15) is 15.0 Å². The summed E-state index contributed by atoms with van der Waals surface area (Å²) in [5.41, 5.74) is 2.27. The van der Waals surface area contributed by atoms with E-state index < -0.39 is 6.09 Å². The molecule has 2 N–H and O–H groups in total. The van der Waals surface area contributed by atoms with Gasteiger partial charge in [0.1, 0.15) is 5.75 Å². The Balaban J connectivity index is 2.33. The Bertz CT molecular complexity index is 470. The second-order valence-corrected chi connectivity index (χ2v) is 5.69. The van der Waals surface area contributed by atoms with Crippen molar-refractivity contribution in [3.63, 3.8) is 0 Å². The van der Waals surface area contributed by atoms with E-state index in [0.717, 1.165) is 12.0 Å². The molecule has 0 aromatic heterocycles. The Labute approximate surface area is 113 Å². The third-order valence-corrected chi connectivity index (χ3v) is 3.68. The van der Waals surface area contributed by atoms with Crippen LogP contribution in [0.2, 0.25) is 0 Å². The minimum Gasteiger partial charge on any atom is -0.508 e. The van der Waals surface area contributed by atoms with Crippen molar-refractivity contribution in [3.05, 3.63) is 29.3 Å². The van der Waals surface area contributed by atoms with Crippen molar-refractivity contribution in [2.45, 2.75) is 32.6 Å². The molecule has 104 valence electrons. The van der Waals surface area contributed by atoms with Gasteiger partial charge in [-0.3, -0.25) is 0 Å². The van der Waals surface area contributed by atoms with E-state index in [1.54, 1.807) is 12.1 Å². The number of aromatic hydroxyl groups is 1. The molecule has 0 saturated heterocycles. The minimum absolute atomic E-state index is 0.217. The number of rotatable bonds is 2. The van der Waals surface area contributed by atoms with Crippen molar-refractivity contribution in [2.24, 2.45) is 5.92 Å². The van der Waals surface area contributed by atoms with Crippen LogP contribution in [0.3, 0.4) is 0 Å². The smallest absolute Gasteiger partial charge is 0.407 e. The van der Waals surface area contributed by atoms with Gasteiger partial charge in [0.05, 0.1) is 0 Å². The summed E-state index contributed by atoms with van der Waals surface area (Å²) in [6.45, 7) is 5.35. The van der Waals surface area contributed by atoms with Gasteiger partial charge in [0.2, 0.25) is 0 Å². The van der Waals surface area contributed by atoms with Crippen molar-refractivity contribution in [3.8, 4) is 5.75 Å². The Morgan fingerprint density at radius 2 is 2.21 bits per heavy atom. The molecule has 1 atom stereocenters. The van der Waals surface area contributed by atoms with Crippen LogP contribution < -0.4 is 0 Å². The van der Waals surface area contributed by atoms with Gasteiger partial charge in [-0.15, -0.1) is 0 Å². The second kappa shape index (κ2) is 5.51. The van der Waals surface area contributed by atoms with E-state index in [4.69, 9.17) is 0 Å². The Kier molecular flexibility index (Phi) is 3.98. The lowest BCUT2D eigenvalue weighted by Crippen LogP contribution is -2.33. The molecule has 4 nitrogen and oxygen atoms in total. The number of carbonyl (C=O) groups is 1. The minimum atomic E-state index is -0.856. The van der Waals surface area contributed by atoms with Crippen molar-refractivity contribution >= 4 is 6.09 Å². The fourth-order valence-corrected chi connectivity index (χ4v) is 2.86. The summed E-state index contributed by atoms with van der Waals surface area (Å²) in [5.74, 6) is 0.986. The molecule has 0 saturated carbocycles. The molecule has 1 unspecified atom stereocenters. The predicted octanol–water partition coefficient (Wildman–Crippen LogP) is 3.06. The first-order valence-corrected chi connectivity index (χ1v) is 6.77. The fraction of sp³-hybridized carbons (Fsp3) is 0.533. The van der Waals surface area contributed by atoms with Gasteiger partial charge < -0.3 is 15.1 Å². The van der Waals surface area contributed by atoms with E-state index in [1.807, 2.05) is 6.07 Å². The highest BCUT2D eigenvalue weighted by Gasteiger charge is 2.26. The summed E-state index contributed by atoms with van der Waals surface area (Å²) in [4.78, 5) is 12.7.